The van der Waals surface area contributed by atoms with Crippen LogP contribution in [0.2, 0.25) is 0 Å². The molecular formula is C16H22N2OS. The standard InChI is InChI=1S/C16H22N2OS/c1-4-17-10-9-16-18-15(11-20-16)13-5-7-14(8-6-13)19-12(2)3/h5-8,11-12,17H,4,9-10H2,1-3H3. The molecule has 0 saturated heterocycles. The Labute approximate surface area is 125 Å². The topological polar surface area (TPSA) is 34.2 Å². The van der Waals surface area contributed by atoms with Gasteiger partial charge in [-0.1, -0.05) is 6.92 Å². The van der Waals surface area contributed by atoms with Crippen LogP contribution in [0.4, 0.5) is 0 Å². The average molecular weight is 290 g/mol. The lowest BCUT2D eigenvalue weighted by Crippen LogP contribution is -2.15. The number of hydrogen-bond donors (Lipinski definition) is 1. The van der Waals surface area contributed by atoms with Gasteiger partial charge in [-0.2, -0.15) is 0 Å². The van der Waals surface area contributed by atoms with Gasteiger partial charge in [0.25, 0.3) is 0 Å². The van der Waals surface area contributed by atoms with Crippen LogP contribution < -0.4 is 10.1 Å². The molecule has 0 bridgehead atoms. The van der Waals surface area contributed by atoms with Crippen molar-refractivity contribution in [2.45, 2.75) is 33.3 Å². The van der Waals surface area contributed by atoms with Crippen LogP contribution in [-0.2, 0) is 6.42 Å². The first-order chi connectivity index (χ1) is 9.69. The van der Waals surface area contributed by atoms with Gasteiger partial charge in [0, 0.05) is 23.9 Å². The van der Waals surface area contributed by atoms with Gasteiger partial charge in [0.05, 0.1) is 16.8 Å². The molecule has 0 atom stereocenters. The second-order valence-corrected chi connectivity index (χ2v) is 5.86. The molecule has 4 heteroatoms. The van der Waals surface area contributed by atoms with Crippen LogP contribution in [0.5, 0.6) is 5.75 Å². The second kappa shape index (κ2) is 7.41. The molecule has 0 fully saturated rings. The molecule has 0 aliphatic carbocycles. The lowest BCUT2D eigenvalue weighted by molar-refractivity contribution is 0.242. The first-order valence-corrected chi connectivity index (χ1v) is 7.99. The monoisotopic (exact) mass is 290 g/mol. The van der Waals surface area contributed by atoms with Crippen molar-refractivity contribution in [3.63, 3.8) is 0 Å². The number of nitrogens with zero attached hydrogens (tertiary/aromatic N) is 1. The van der Waals surface area contributed by atoms with E-state index in [0.29, 0.717) is 0 Å². The van der Waals surface area contributed by atoms with Crippen molar-refractivity contribution in [3.05, 3.63) is 34.7 Å². The summed E-state index contributed by atoms with van der Waals surface area (Å²) < 4.78 is 5.65. The van der Waals surface area contributed by atoms with Gasteiger partial charge in [0.1, 0.15) is 5.75 Å². The van der Waals surface area contributed by atoms with Crippen molar-refractivity contribution in [1.29, 1.82) is 0 Å². The molecule has 1 aromatic heterocycles. The Hall–Kier alpha value is -1.39. The highest BCUT2D eigenvalue weighted by molar-refractivity contribution is 7.09. The number of hydrogen-bond acceptors (Lipinski definition) is 4. The Bertz CT molecular complexity index is 520. The van der Waals surface area contributed by atoms with E-state index in [-0.39, 0.29) is 6.10 Å². The van der Waals surface area contributed by atoms with Crippen molar-refractivity contribution in [2.75, 3.05) is 13.1 Å². The quantitative estimate of drug-likeness (QED) is 0.789. The number of thiazole rings is 1. The zero-order valence-electron chi connectivity index (χ0n) is 12.3. The van der Waals surface area contributed by atoms with Crippen molar-refractivity contribution < 1.29 is 4.74 Å². The minimum atomic E-state index is 0.206. The zero-order valence-corrected chi connectivity index (χ0v) is 13.2. The Morgan fingerprint density at radius 3 is 2.65 bits per heavy atom. The number of benzene rings is 1. The summed E-state index contributed by atoms with van der Waals surface area (Å²) in [7, 11) is 0. The lowest BCUT2D eigenvalue weighted by atomic mass is 10.2. The summed E-state index contributed by atoms with van der Waals surface area (Å²) >= 11 is 1.73. The zero-order chi connectivity index (χ0) is 14.4. The van der Waals surface area contributed by atoms with Gasteiger partial charge in [0.15, 0.2) is 0 Å². The Balaban J connectivity index is 2.00. The third kappa shape index (κ3) is 4.32. The van der Waals surface area contributed by atoms with Crippen LogP contribution in [-0.4, -0.2) is 24.2 Å². The van der Waals surface area contributed by atoms with Gasteiger partial charge in [-0.25, -0.2) is 4.98 Å². The van der Waals surface area contributed by atoms with Gasteiger partial charge in [-0.3, -0.25) is 0 Å². The van der Waals surface area contributed by atoms with Crippen molar-refractivity contribution in [3.8, 4) is 17.0 Å². The Morgan fingerprint density at radius 1 is 1.25 bits per heavy atom. The maximum absolute atomic E-state index is 5.65. The summed E-state index contributed by atoms with van der Waals surface area (Å²) in [5, 5.41) is 6.63. The third-order valence-corrected chi connectivity index (χ3v) is 3.75. The molecule has 2 aromatic rings. The van der Waals surface area contributed by atoms with Crippen LogP contribution in [0.25, 0.3) is 11.3 Å². The minimum Gasteiger partial charge on any atom is -0.491 e. The van der Waals surface area contributed by atoms with Gasteiger partial charge in [-0.15, -0.1) is 11.3 Å². The molecule has 20 heavy (non-hydrogen) atoms. The average Bonchev–Trinajstić information content (AvgIpc) is 2.88. The van der Waals surface area contributed by atoms with Gasteiger partial charge >= 0.3 is 0 Å². The fourth-order valence-electron chi connectivity index (χ4n) is 1.91. The van der Waals surface area contributed by atoms with Crippen molar-refractivity contribution >= 4 is 11.3 Å². The SMILES string of the molecule is CCNCCc1nc(-c2ccc(OC(C)C)cc2)cs1. The van der Waals surface area contributed by atoms with Crippen LogP contribution >= 0.6 is 11.3 Å². The number of aromatic nitrogens is 1. The molecule has 108 valence electrons. The minimum absolute atomic E-state index is 0.206. The number of ether oxygens (including phenoxy) is 1. The maximum Gasteiger partial charge on any atom is 0.119 e. The summed E-state index contributed by atoms with van der Waals surface area (Å²) in [6.07, 6.45) is 1.20. The highest BCUT2D eigenvalue weighted by atomic mass is 32.1. The smallest absolute Gasteiger partial charge is 0.119 e. The van der Waals surface area contributed by atoms with Crippen LogP contribution in [0.15, 0.2) is 29.6 Å². The van der Waals surface area contributed by atoms with E-state index < -0.39 is 0 Å². The van der Waals surface area contributed by atoms with Gasteiger partial charge in [-0.05, 0) is 44.7 Å². The van der Waals surface area contributed by atoms with Crippen molar-refractivity contribution in [1.82, 2.24) is 10.3 Å². The molecule has 0 aliphatic rings. The molecule has 0 radical (unpaired) electrons. The molecule has 1 heterocycles. The molecule has 1 N–H and O–H groups in total. The fraction of sp³-hybridized carbons (Fsp3) is 0.438. The summed E-state index contributed by atoms with van der Waals surface area (Å²) in [4.78, 5) is 4.68. The predicted octanol–water partition coefficient (Wildman–Crippen LogP) is 3.75. The first kappa shape index (κ1) is 15.0. The molecule has 1 aromatic carbocycles. The highest BCUT2D eigenvalue weighted by Crippen LogP contribution is 2.24. The fourth-order valence-corrected chi connectivity index (χ4v) is 2.71. The highest BCUT2D eigenvalue weighted by Gasteiger charge is 2.05. The van der Waals surface area contributed by atoms with E-state index in [0.717, 1.165) is 36.5 Å². The first-order valence-electron chi connectivity index (χ1n) is 7.11. The normalized spacial score (nSPS) is 11.0. The van der Waals surface area contributed by atoms with E-state index in [1.807, 2.05) is 26.0 Å². The molecule has 0 saturated carbocycles. The van der Waals surface area contributed by atoms with Gasteiger partial charge < -0.3 is 10.1 Å². The third-order valence-electron chi connectivity index (χ3n) is 2.84. The van der Waals surface area contributed by atoms with Gasteiger partial charge in [0.2, 0.25) is 0 Å². The summed E-state index contributed by atoms with van der Waals surface area (Å²) in [6.45, 7) is 8.18. The summed E-state index contributed by atoms with van der Waals surface area (Å²) in [5.74, 6) is 0.909. The van der Waals surface area contributed by atoms with Crippen LogP contribution in [0.1, 0.15) is 25.8 Å². The van der Waals surface area contributed by atoms with E-state index in [4.69, 9.17) is 4.74 Å². The number of rotatable bonds is 7. The Morgan fingerprint density at radius 2 is 2.00 bits per heavy atom. The largest absolute Gasteiger partial charge is 0.491 e. The van der Waals surface area contributed by atoms with Crippen LogP contribution in [0.3, 0.4) is 0 Å². The van der Waals surface area contributed by atoms with E-state index in [1.54, 1.807) is 11.3 Å². The van der Waals surface area contributed by atoms with Crippen molar-refractivity contribution in [2.24, 2.45) is 0 Å². The van der Waals surface area contributed by atoms with E-state index in [2.05, 4.69) is 34.7 Å². The molecule has 0 spiro atoms. The molecule has 0 unspecified atom stereocenters. The van der Waals surface area contributed by atoms with E-state index >= 15 is 0 Å². The molecular weight excluding hydrogens is 268 g/mol. The molecule has 3 nitrogen and oxygen atoms in total. The maximum atomic E-state index is 5.65. The second-order valence-electron chi connectivity index (χ2n) is 4.92. The molecule has 0 aliphatic heterocycles. The predicted molar refractivity (Wildman–Crippen MR) is 85.6 cm³/mol. The lowest BCUT2D eigenvalue weighted by Gasteiger charge is -2.09. The number of nitrogens with one attached hydrogen (secondary N) is 1. The molecule has 0 amide bonds. The summed E-state index contributed by atoms with van der Waals surface area (Å²) in [6, 6.07) is 8.15. The molecule has 2 rings (SSSR count). The summed E-state index contributed by atoms with van der Waals surface area (Å²) in [5.41, 5.74) is 2.20. The van der Waals surface area contributed by atoms with Crippen LogP contribution in [0, 0.1) is 0 Å². The van der Waals surface area contributed by atoms with E-state index in [1.165, 1.54) is 5.01 Å². The Kier molecular flexibility index (Phi) is 5.56. The number of likely N-dealkylation sites (N-methyl/N-ethyl adjacent to an activating group) is 1. The van der Waals surface area contributed by atoms with E-state index in [9.17, 15) is 0 Å².